The number of halogens is 1. The summed E-state index contributed by atoms with van der Waals surface area (Å²) in [6, 6.07) is 29.9. The fourth-order valence-electron chi connectivity index (χ4n) is 4.71. The van der Waals surface area contributed by atoms with Gasteiger partial charge in [-0.25, -0.2) is 0 Å². The van der Waals surface area contributed by atoms with Gasteiger partial charge in [0.1, 0.15) is 24.4 Å². The summed E-state index contributed by atoms with van der Waals surface area (Å²) in [5, 5.41) is 11.4. The highest BCUT2D eigenvalue weighted by atomic mass is 35.5. The molecule has 0 unspecified atom stereocenters. The summed E-state index contributed by atoms with van der Waals surface area (Å²) in [6.45, 7) is 1.87. The number of rotatable bonds is 17. The Morgan fingerprint density at radius 2 is 1.15 bits per heavy atom. The number of benzene rings is 3. The lowest BCUT2D eigenvalue weighted by Gasteiger charge is -2.44. The van der Waals surface area contributed by atoms with Crippen molar-refractivity contribution in [3.8, 4) is 0 Å². The molecule has 0 spiro atoms. The van der Waals surface area contributed by atoms with Crippen LogP contribution in [-0.2, 0) is 43.5 Å². The minimum atomic E-state index is -1.03. The third-order valence-electron chi connectivity index (χ3n) is 6.89. The molecule has 1 aliphatic rings. The number of alkyl halides is 1. The molecule has 40 heavy (non-hydrogen) atoms. The summed E-state index contributed by atoms with van der Waals surface area (Å²) in [5.74, 6) is 0.667. The van der Waals surface area contributed by atoms with E-state index in [1.54, 1.807) is 0 Å². The van der Waals surface area contributed by atoms with Crippen LogP contribution in [0.1, 0.15) is 42.4 Å². The van der Waals surface area contributed by atoms with Gasteiger partial charge in [-0.1, -0.05) is 104 Å². The first-order valence-electron chi connectivity index (χ1n) is 14.2. The van der Waals surface area contributed by atoms with Gasteiger partial charge in [-0.2, -0.15) is 0 Å². The van der Waals surface area contributed by atoms with E-state index in [4.69, 9.17) is 35.3 Å². The Kier molecular flexibility index (Phi) is 13.4. The second-order valence-corrected chi connectivity index (χ2v) is 10.4. The fourth-order valence-corrected chi connectivity index (χ4v) is 4.90. The molecule has 6 nitrogen and oxygen atoms in total. The first-order valence-corrected chi connectivity index (χ1v) is 14.7. The van der Waals surface area contributed by atoms with E-state index in [1.807, 2.05) is 91.0 Å². The highest BCUT2D eigenvalue weighted by Gasteiger charge is 2.47. The molecule has 1 aliphatic heterocycles. The van der Waals surface area contributed by atoms with Gasteiger partial charge in [0, 0.05) is 12.5 Å². The van der Waals surface area contributed by atoms with E-state index in [0.29, 0.717) is 32.3 Å². The zero-order chi connectivity index (χ0) is 27.8. The Morgan fingerprint density at radius 3 is 1.73 bits per heavy atom. The standard InChI is InChI=1S/C33H41ClO6/c34-20-12-1-2-13-21-37-33-30(35)32(39-24-28-18-10-5-11-19-28)31(38-23-27-16-8-4-9-17-27)29(40-33)25-36-22-26-14-6-3-7-15-26/h3-11,14-19,29-33,35H,1-2,12-13,20-25H2/t29-,30-,31-,32-,33-/m1/s1. The molecule has 0 bridgehead atoms. The number of hydrogen-bond donors (Lipinski definition) is 1. The van der Waals surface area contributed by atoms with Gasteiger partial charge in [-0.15, -0.1) is 11.6 Å². The van der Waals surface area contributed by atoms with Gasteiger partial charge in [-0.3, -0.25) is 0 Å². The monoisotopic (exact) mass is 568 g/mol. The molecule has 216 valence electrons. The van der Waals surface area contributed by atoms with Gasteiger partial charge in [0.2, 0.25) is 0 Å². The maximum Gasteiger partial charge on any atom is 0.186 e. The van der Waals surface area contributed by atoms with Crippen LogP contribution in [-0.4, -0.2) is 54.9 Å². The lowest BCUT2D eigenvalue weighted by atomic mass is 9.98. The molecule has 0 amide bonds. The molecule has 0 saturated carbocycles. The topological polar surface area (TPSA) is 66.4 Å². The summed E-state index contributed by atoms with van der Waals surface area (Å²) >= 11 is 5.80. The number of hydrogen-bond acceptors (Lipinski definition) is 6. The molecule has 0 radical (unpaired) electrons. The van der Waals surface area contributed by atoms with Gasteiger partial charge in [0.25, 0.3) is 0 Å². The van der Waals surface area contributed by atoms with Crippen molar-refractivity contribution in [1.82, 2.24) is 0 Å². The van der Waals surface area contributed by atoms with Crippen molar-refractivity contribution in [2.24, 2.45) is 0 Å². The van der Waals surface area contributed by atoms with Crippen molar-refractivity contribution < 1.29 is 28.8 Å². The van der Waals surface area contributed by atoms with Crippen LogP contribution in [0.15, 0.2) is 91.0 Å². The van der Waals surface area contributed by atoms with Crippen LogP contribution in [0.3, 0.4) is 0 Å². The Morgan fingerprint density at radius 1 is 0.625 bits per heavy atom. The van der Waals surface area contributed by atoms with E-state index in [2.05, 4.69) is 0 Å². The van der Waals surface area contributed by atoms with E-state index in [-0.39, 0.29) is 6.61 Å². The lowest BCUT2D eigenvalue weighted by Crippen LogP contribution is -2.61. The van der Waals surface area contributed by atoms with Crippen molar-refractivity contribution in [3.63, 3.8) is 0 Å². The van der Waals surface area contributed by atoms with Gasteiger partial charge in [0.05, 0.1) is 26.4 Å². The number of aliphatic hydroxyl groups is 1. The fraction of sp³-hybridized carbons (Fsp3) is 0.455. The molecular weight excluding hydrogens is 528 g/mol. The lowest BCUT2D eigenvalue weighted by molar-refractivity contribution is -0.319. The predicted octanol–water partition coefficient (Wildman–Crippen LogP) is 6.28. The zero-order valence-corrected chi connectivity index (χ0v) is 23.7. The Hall–Kier alpha value is -2.29. The minimum Gasteiger partial charge on any atom is -0.385 e. The van der Waals surface area contributed by atoms with Gasteiger partial charge in [-0.05, 0) is 29.5 Å². The maximum atomic E-state index is 11.4. The molecule has 7 heteroatoms. The van der Waals surface area contributed by atoms with Crippen LogP contribution in [0, 0.1) is 0 Å². The normalized spacial score (nSPS) is 22.8. The zero-order valence-electron chi connectivity index (χ0n) is 23.0. The quantitative estimate of drug-likeness (QED) is 0.153. The number of unbranched alkanes of at least 4 members (excludes halogenated alkanes) is 3. The second kappa shape index (κ2) is 17.5. The van der Waals surface area contributed by atoms with Crippen LogP contribution in [0.25, 0.3) is 0 Å². The van der Waals surface area contributed by atoms with E-state index < -0.39 is 30.7 Å². The van der Waals surface area contributed by atoms with Crippen LogP contribution in [0.4, 0.5) is 0 Å². The van der Waals surface area contributed by atoms with Crippen molar-refractivity contribution >= 4 is 11.6 Å². The van der Waals surface area contributed by atoms with Crippen LogP contribution >= 0.6 is 11.6 Å². The molecule has 1 N–H and O–H groups in total. The van der Waals surface area contributed by atoms with Crippen molar-refractivity contribution in [2.45, 2.75) is 76.2 Å². The first-order chi connectivity index (χ1) is 19.7. The Balaban J connectivity index is 1.47. The molecule has 0 aliphatic carbocycles. The van der Waals surface area contributed by atoms with Gasteiger partial charge < -0.3 is 28.8 Å². The number of aliphatic hydroxyl groups excluding tert-OH is 1. The number of ether oxygens (including phenoxy) is 5. The first kappa shape index (κ1) is 30.7. The molecule has 4 rings (SSSR count). The average molecular weight is 569 g/mol. The van der Waals surface area contributed by atoms with Crippen LogP contribution in [0.2, 0.25) is 0 Å². The summed E-state index contributed by atoms with van der Waals surface area (Å²) < 4.78 is 31.3. The average Bonchev–Trinajstić information content (AvgIpc) is 3.00. The van der Waals surface area contributed by atoms with Crippen molar-refractivity contribution in [2.75, 3.05) is 19.1 Å². The third kappa shape index (κ3) is 9.96. The predicted molar refractivity (Wildman–Crippen MR) is 156 cm³/mol. The van der Waals surface area contributed by atoms with Gasteiger partial charge >= 0.3 is 0 Å². The SMILES string of the molecule is O[C@H]1[C@H](OCCCCCCCl)O[C@H](COCc2ccccc2)[C@@H](OCc2ccccc2)[C@@H]1OCc1ccccc1. The molecule has 1 heterocycles. The molecule has 1 fully saturated rings. The molecule has 1 saturated heterocycles. The molecule has 0 aromatic heterocycles. The highest BCUT2D eigenvalue weighted by molar-refractivity contribution is 6.17. The Bertz CT molecular complexity index is 1050. The van der Waals surface area contributed by atoms with Crippen LogP contribution in [0.5, 0.6) is 0 Å². The van der Waals surface area contributed by atoms with Crippen molar-refractivity contribution in [1.29, 1.82) is 0 Å². The third-order valence-corrected chi connectivity index (χ3v) is 7.16. The Labute approximate surface area is 243 Å². The largest absolute Gasteiger partial charge is 0.385 e. The molecule has 3 aromatic rings. The van der Waals surface area contributed by atoms with E-state index >= 15 is 0 Å². The van der Waals surface area contributed by atoms with E-state index in [9.17, 15) is 5.11 Å². The molecule has 3 aromatic carbocycles. The highest BCUT2D eigenvalue weighted by Crippen LogP contribution is 2.29. The summed E-state index contributed by atoms with van der Waals surface area (Å²) in [6.07, 6.45) is 0.280. The smallest absolute Gasteiger partial charge is 0.186 e. The van der Waals surface area contributed by atoms with Crippen molar-refractivity contribution in [3.05, 3.63) is 108 Å². The molecule has 5 atom stereocenters. The van der Waals surface area contributed by atoms with Gasteiger partial charge in [0.15, 0.2) is 6.29 Å². The van der Waals surface area contributed by atoms with E-state index in [0.717, 1.165) is 42.4 Å². The van der Waals surface area contributed by atoms with E-state index in [1.165, 1.54) is 0 Å². The molecular formula is C33H41ClO6. The summed E-state index contributed by atoms with van der Waals surface area (Å²) in [4.78, 5) is 0. The van der Waals surface area contributed by atoms with Crippen LogP contribution < -0.4 is 0 Å². The summed E-state index contributed by atoms with van der Waals surface area (Å²) in [7, 11) is 0. The minimum absolute atomic E-state index is 0.266. The maximum absolute atomic E-state index is 11.4. The second-order valence-electron chi connectivity index (χ2n) is 10.0. The summed E-state index contributed by atoms with van der Waals surface area (Å²) in [5.41, 5.74) is 3.11.